The van der Waals surface area contributed by atoms with Crippen LogP contribution >= 0.6 is 92.8 Å². The second kappa shape index (κ2) is 8.44. The molecule has 0 aromatic heterocycles. The van der Waals surface area contributed by atoms with Crippen molar-refractivity contribution in [2.75, 3.05) is 0 Å². The Bertz CT molecular complexity index is 967. The Morgan fingerprint density at radius 2 is 0.750 bits per heavy atom. The van der Waals surface area contributed by atoms with Gasteiger partial charge in [-0.2, -0.15) is 0 Å². The fourth-order valence-electron chi connectivity index (χ4n) is 2.47. The quantitative estimate of drug-likeness (QED) is 0.192. The van der Waals surface area contributed by atoms with E-state index in [0.29, 0.717) is 11.1 Å². The Labute approximate surface area is 198 Å². The van der Waals surface area contributed by atoms with E-state index in [1.165, 1.54) is 0 Å². The Kier molecular flexibility index (Phi) is 6.75. The lowest BCUT2D eigenvalue weighted by atomic mass is 10.1. The van der Waals surface area contributed by atoms with Gasteiger partial charge in [-0.15, -0.1) is 0 Å². The molecule has 0 saturated heterocycles. The zero-order valence-electron chi connectivity index (χ0n) is 13.1. The van der Waals surface area contributed by atoms with Gasteiger partial charge in [-0.1, -0.05) is 92.8 Å². The number of carbonyl (C=O) groups is 2. The topological polar surface area (TPSA) is 52.6 Å². The number of hydrogen-bond donors (Lipinski definition) is 0. The molecule has 0 fully saturated rings. The highest BCUT2D eigenvalue weighted by atomic mass is 35.5. The van der Waals surface area contributed by atoms with Crippen molar-refractivity contribution >= 4 is 105 Å². The maximum absolute atomic E-state index is 11.2. The summed E-state index contributed by atoms with van der Waals surface area (Å²) in [6.45, 7) is 0.174. The number of ether oxygens (including phenoxy) is 2. The molecule has 2 aliphatic heterocycles. The van der Waals surface area contributed by atoms with Crippen molar-refractivity contribution < 1.29 is 19.1 Å². The van der Waals surface area contributed by atoms with Gasteiger partial charge < -0.3 is 9.47 Å². The van der Waals surface area contributed by atoms with E-state index in [4.69, 9.17) is 102 Å². The van der Waals surface area contributed by atoms with Crippen LogP contribution in [0.2, 0.25) is 40.2 Å². The molecule has 0 saturated carbocycles. The minimum atomic E-state index is -0.523. The number of carbonyl (C=O) groups excluding carboxylic acids is 2. The smallest absolute Gasteiger partial charge is 0.340 e. The standard InChI is InChI=1S/2C8H2Cl4O2/c2*9-4-2-1-14-8(13)3(2)5(10)7(12)6(4)11/h2*1H2. The molecule has 0 radical (unpaired) electrons. The molecule has 28 heavy (non-hydrogen) atoms. The van der Waals surface area contributed by atoms with Crippen LogP contribution in [0.5, 0.6) is 0 Å². The molecule has 148 valence electrons. The number of halogens is 8. The van der Waals surface area contributed by atoms with Crippen molar-refractivity contribution in [1.29, 1.82) is 0 Å². The number of benzene rings is 2. The van der Waals surface area contributed by atoms with Gasteiger partial charge in [0, 0.05) is 11.1 Å². The van der Waals surface area contributed by atoms with Gasteiger partial charge in [-0.3, -0.25) is 0 Å². The molecule has 0 spiro atoms. The van der Waals surface area contributed by atoms with Crippen LogP contribution < -0.4 is 0 Å². The largest absolute Gasteiger partial charge is 0.457 e. The monoisotopic (exact) mass is 540 g/mol. The van der Waals surface area contributed by atoms with Gasteiger partial charge in [0.25, 0.3) is 0 Å². The van der Waals surface area contributed by atoms with E-state index >= 15 is 0 Å². The average Bonchev–Trinajstić information content (AvgIpc) is 3.25. The van der Waals surface area contributed by atoms with Gasteiger partial charge in [-0.05, 0) is 0 Å². The molecule has 2 aromatic rings. The first-order valence-electron chi connectivity index (χ1n) is 7.11. The van der Waals surface area contributed by atoms with Gasteiger partial charge in [0.2, 0.25) is 0 Å². The van der Waals surface area contributed by atoms with Crippen LogP contribution in [0.25, 0.3) is 0 Å². The van der Waals surface area contributed by atoms with Gasteiger partial charge in [0.15, 0.2) is 0 Å². The van der Waals surface area contributed by atoms with Crippen LogP contribution in [-0.2, 0) is 22.7 Å². The van der Waals surface area contributed by atoms with Crippen molar-refractivity contribution in [3.05, 3.63) is 62.4 Å². The summed E-state index contributed by atoms with van der Waals surface area (Å²) in [4.78, 5) is 22.5. The Balaban J connectivity index is 0.000000161. The van der Waals surface area contributed by atoms with Crippen molar-refractivity contribution in [2.24, 2.45) is 0 Å². The zero-order chi connectivity index (χ0) is 20.9. The predicted octanol–water partition coefficient (Wildman–Crippen LogP) is 7.94. The molecule has 4 nitrogen and oxygen atoms in total. The third-order valence-electron chi connectivity index (χ3n) is 3.83. The van der Waals surface area contributed by atoms with Crippen molar-refractivity contribution in [3.8, 4) is 0 Å². The summed E-state index contributed by atoms with van der Waals surface area (Å²) in [5, 5.41) is 1.10. The third kappa shape index (κ3) is 3.63. The summed E-state index contributed by atoms with van der Waals surface area (Å²) in [7, 11) is 0. The summed E-state index contributed by atoms with van der Waals surface area (Å²) >= 11 is 46.6. The van der Waals surface area contributed by atoms with E-state index in [9.17, 15) is 9.59 Å². The number of rotatable bonds is 0. The molecule has 4 rings (SSSR count). The summed E-state index contributed by atoms with van der Waals surface area (Å²) in [5.74, 6) is -1.05. The number of hydrogen-bond acceptors (Lipinski definition) is 4. The van der Waals surface area contributed by atoms with Crippen molar-refractivity contribution in [2.45, 2.75) is 13.2 Å². The summed E-state index contributed by atoms with van der Waals surface area (Å²) in [6.07, 6.45) is 0. The molecule has 0 atom stereocenters. The van der Waals surface area contributed by atoms with E-state index in [1.54, 1.807) is 0 Å². The predicted molar refractivity (Wildman–Crippen MR) is 111 cm³/mol. The first-order valence-corrected chi connectivity index (χ1v) is 10.1. The average molecular weight is 544 g/mol. The zero-order valence-corrected chi connectivity index (χ0v) is 19.1. The lowest BCUT2D eigenvalue weighted by Gasteiger charge is -2.05. The SMILES string of the molecule is O=C1OCc2c(Cl)c(Cl)c(Cl)c(Cl)c21.O=C1OCc2c(Cl)c(Cl)c(Cl)c(Cl)c21. The molecule has 0 amide bonds. The summed E-state index contributed by atoms with van der Waals surface area (Å²) in [5.41, 5.74) is 1.42. The molecule has 0 bridgehead atoms. The lowest BCUT2D eigenvalue weighted by molar-refractivity contribution is 0.0526. The minimum absolute atomic E-state index is 0.0796. The highest BCUT2D eigenvalue weighted by molar-refractivity contribution is 6.54. The Morgan fingerprint density at radius 3 is 1.07 bits per heavy atom. The van der Waals surface area contributed by atoms with E-state index in [1.807, 2.05) is 0 Å². The molecule has 2 aromatic carbocycles. The van der Waals surface area contributed by atoms with E-state index in [-0.39, 0.29) is 64.5 Å². The molecule has 0 unspecified atom stereocenters. The Morgan fingerprint density at radius 1 is 0.464 bits per heavy atom. The van der Waals surface area contributed by atoms with Crippen LogP contribution in [0.1, 0.15) is 31.8 Å². The number of cyclic esters (lactones) is 2. The molecule has 0 N–H and O–H groups in total. The number of esters is 2. The number of fused-ring (bicyclic) bond motifs is 2. The van der Waals surface area contributed by atoms with Crippen LogP contribution in [0.3, 0.4) is 0 Å². The highest BCUT2D eigenvalue weighted by Crippen LogP contribution is 2.45. The molecule has 12 heteroatoms. The molecular weight excluding hydrogens is 540 g/mol. The van der Waals surface area contributed by atoms with Crippen molar-refractivity contribution in [1.82, 2.24) is 0 Å². The first kappa shape index (κ1) is 22.4. The summed E-state index contributed by atoms with van der Waals surface area (Å²) in [6, 6.07) is 0. The summed E-state index contributed by atoms with van der Waals surface area (Å²) < 4.78 is 9.54. The maximum atomic E-state index is 11.2. The van der Waals surface area contributed by atoms with Crippen LogP contribution in [0.4, 0.5) is 0 Å². The van der Waals surface area contributed by atoms with E-state index in [0.717, 1.165) is 0 Å². The van der Waals surface area contributed by atoms with E-state index < -0.39 is 11.9 Å². The van der Waals surface area contributed by atoms with Crippen molar-refractivity contribution in [3.63, 3.8) is 0 Å². The second-order valence-corrected chi connectivity index (χ2v) is 8.39. The van der Waals surface area contributed by atoms with Crippen LogP contribution in [0, 0.1) is 0 Å². The first-order chi connectivity index (χ1) is 13.1. The normalized spacial score (nSPS) is 14.1. The van der Waals surface area contributed by atoms with Gasteiger partial charge in [-0.25, -0.2) is 9.59 Å². The van der Waals surface area contributed by atoms with Gasteiger partial charge >= 0.3 is 11.9 Å². The van der Waals surface area contributed by atoms with E-state index in [2.05, 4.69) is 0 Å². The highest BCUT2D eigenvalue weighted by Gasteiger charge is 2.32. The van der Waals surface area contributed by atoms with Crippen LogP contribution in [-0.4, -0.2) is 11.9 Å². The molecule has 2 aliphatic rings. The van der Waals surface area contributed by atoms with Crippen LogP contribution in [0.15, 0.2) is 0 Å². The van der Waals surface area contributed by atoms with Gasteiger partial charge in [0.05, 0.1) is 51.3 Å². The molecular formula is C16H4Cl8O4. The van der Waals surface area contributed by atoms with Gasteiger partial charge in [0.1, 0.15) is 13.2 Å². The Hall–Kier alpha value is -0.300. The third-order valence-corrected chi connectivity index (χ3v) is 7.51. The molecule has 0 aliphatic carbocycles. The second-order valence-electron chi connectivity index (χ2n) is 5.37. The maximum Gasteiger partial charge on any atom is 0.340 e. The fourth-order valence-corrected chi connectivity index (χ4v) is 4.52. The fraction of sp³-hybridized carbons (Fsp3) is 0.125. The lowest BCUT2D eigenvalue weighted by Crippen LogP contribution is -1.96. The molecule has 2 heterocycles. The minimum Gasteiger partial charge on any atom is -0.457 e.